The Morgan fingerprint density at radius 3 is 2.56 bits per heavy atom. The van der Waals surface area contributed by atoms with Gasteiger partial charge in [-0.2, -0.15) is 4.98 Å². The van der Waals surface area contributed by atoms with Crippen molar-refractivity contribution in [1.29, 1.82) is 0 Å². The summed E-state index contributed by atoms with van der Waals surface area (Å²) in [6, 6.07) is 15.2. The molecule has 0 spiro atoms. The van der Waals surface area contributed by atoms with Crippen LogP contribution in [-0.4, -0.2) is 28.9 Å². The second kappa shape index (κ2) is 9.23. The lowest BCUT2D eigenvalue weighted by Gasteiger charge is -2.04. The number of anilines is 1. The molecule has 0 radical (unpaired) electrons. The van der Waals surface area contributed by atoms with Gasteiger partial charge in [-0.05, 0) is 61.7 Å². The molecule has 0 saturated carbocycles. The van der Waals surface area contributed by atoms with Crippen LogP contribution in [0.15, 0.2) is 57.9 Å². The number of rotatable bonds is 8. The van der Waals surface area contributed by atoms with Crippen LogP contribution in [-0.2, 0) is 11.2 Å². The van der Waals surface area contributed by atoms with Crippen molar-refractivity contribution < 1.29 is 14.1 Å². The normalized spacial score (nSPS) is 10.6. The van der Waals surface area contributed by atoms with Gasteiger partial charge in [0.25, 0.3) is 0 Å². The molecule has 140 valence electrons. The molecule has 27 heavy (non-hydrogen) atoms. The van der Waals surface area contributed by atoms with Crippen LogP contribution in [0.5, 0.6) is 5.75 Å². The highest BCUT2D eigenvalue weighted by Gasteiger charge is 2.11. The first-order chi connectivity index (χ1) is 13.2. The van der Waals surface area contributed by atoms with Crippen LogP contribution >= 0.6 is 11.8 Å². The second-order valence-corrected chi connectivity index (χ2v) is 6.63. The molecule has 0 aliphatic heterocycles. The minimum Gasteiger partial charge on any atom is -0.494 e. The van der Waals surface area contributed by atoms with Crippen LogP contribution in [0.4, 0.5) is 5.69 Å². The topological polar surface area (TPSA) is 77.2 Å². The fraction of sp³-hybridized carbons (Fsp3) is 0.250. The third-order valence-electron chi connectivity index (χ3n) is 3.83. The largest absolute Gasteiger partial charge is 0.494 e. The van der Waals surface area contributed by atoms with E-state index in [1.54, 1.807) is 11.8 Å². The number of amides is 1. The van der Waals surface area contributed by atoms with E-state index in [1.807, 2.05) is 61.7 Å². The summed E-state index contributed by atoms with van der Waals surface area (Å²) in [7, 11) is 0. The average molecular weight is 383 g/mol. The molecule has 3 rings (SSSR count). The summed E-state index contributed by atoms with van der Waals surface area (Å²) in [6.07, 6.45) is 2.67. The van der Waals surface area contributed by atoms with Gasteiger partial charge in [0.2, 0.25) is 17.6 Å². The second-order valence-electron chi connectivity index (χ2n) is 5.75. The molecule has 1 amide bonds. The van der Waals surface area contributed by atoms with Gasteiger partial charge in [0, 0.05) is 29.0 Å². The number of ether oxygens (including phenoxy) is 1. The van der Waals surface area contributed by atoms with Crippen molar-refractivity contribution in [3.05, 3.63) is 54.4 Å². The average Bonchev–Trinajstić information content (AvgIpc) is 3.17. The zero-order valence-corrected chi connectivity index (χ0v) is 16.1. The summed E-state index contributed by atoms with van der Waals surface area (Å²) in [5, 5.41) is 6.85. The Labute approximate surface area is 162 Å². The number of aryl methyl sites for hydroxylation is 1. The molecule has 0 atom stereocenters. The maximum absolute atomic E-state index is 12.1. The first-order valence-electron chi connectivity index (χ1n) is 8.67. The van der Waals surface area contributed by atoms with E-state index in [2.05, 4.69) is 15.5 Å². The molecule has 0 aliphatic carbocycles. The van der Waals surface area contributed by atoms with E-state index in [-0.39, 0.29) is 12.3 Å². The number of hydrogen-bond donors (Lipinski definition) is 1. The van der Waals surface area contributed by atoms with E-state index in [4.69, 9.17) is 9.26 Å². The highest BCUT2D eigenvalue weighted by Crippen LogP contribution is 2.21. The zero-order chi connectivity index (χ0) is 19.1. The third kappa shape index (κ3) is 5.34. The fourth-order valence-electron chi connectivity index (χ4n) is 2.46. The zero-order valence-electron chi connectivity index (χ0n) is 15.3. The van der Waals surface area contributed by atoms with Crippen LogP contribution < -0.4 is 10.1 Å². The fourth-order valence-corrected chi connectivity index (χ4v) is 2.87. The first-order valence-corrected chi connectivity index (χ1v) is 9.90. The lowest BCUT2D eigenvalue weighted by atomic mass is 10.2. The predicted octanol–water partition coefficient (Wildman–Crippen LogP) is 4.43. The third-order valence-corrected chi connectivity index (χ3v) is 4.57. The Morgan fingerprint density at radius 1 is 1.15 bits per heavy atom. The van der Waals surface area contributed by atoms with Crippen molar-refractivity contribution in [2.24, 2.45) is 0 Å². The van der Waals surface area contributed by atoms with Crippen LogP contribution in [0.1, 0.15) is 19.2 Å². The van der Waals surface area contributed by atoms with Crippen molar-refractivity contribution >= 4 is 23.4 Å². The molecule has 1 heterocycles. The molecule has 2 aromatic carbocycles. The van der Waals surface area contributed by atoms with E-state index in [0.29, 0.717) is 24.7 Å². The number of carbonyl (C=O) groups excluding carboxylic acids is 1. The smallest absolute Gasteiger partial charge is 0.227 e. The summed E-state index contributed by atoms with van der Waals surface area (Å²) in [5.74, 6) is 1.65. The SMILES string of the molecule is CCOc1ccc(-c2noc(CCC(=O)Nc3ccc(SC)cc3)n2)cc1. The van der Waals surface area contributed by atoms with Gasteiger partial charge in [0.05, 0.1) is 6.61 Å². The molecule has 0 bridgehead atoms. The van der Waals surface area contributed by atoms with Gasteiger partial charge in [-0.1, -0.05) is 5.16 Å². The molecular weight excluding hydrogens is 362 g/mol. The number of hydrogen-bond acceptors (Lipinski definition) is 6. The lowest BCUT2D eigenvalue weighted by Crippen LogP contribution is -2.12. The monoisotopic (exact) mass is 383 g/mol. The molecule has 1 aromatic heterocycles. The molecule has 0 unspecified atom stereocenters. The van der Waals surface area contributed by atoms with Gasteiger partial charge in [0.1, 0.15) is 5.75 Å². The number of thioether (sulfide) groups is 1. The Kier molecular flexibility index (Phi) is 6.49. The standard InChI is InChI=1S/C20H21N3O3S/c1-3-25-16-8-4-14(5-9-16)20-22-19(26-23-20)13-12-18(24)21-15-6-10-17(27-2)11-7-15/h4-11H,3,12-13H2,1-2H3,(H,21,24). The molecular formula is C20H21N3O3S. The molecule has 1 N–H and O–H groups in total. The van der Waals surface area contributed by atoms with Gasteiger partial charge in [0.15, 0.2) is 0 Å². The van der Waals surface area contributed by atoms with Crippen LogP contribution in [0.2, 0.25) is 0 Å². The number of aromatic nitrogens is 2. The highest BCUT2D eigenvalue weighted by atomic mass is 32.2. The summed E-state index contributed by atoms with van der Waals surface area (Å²) in [4.78, 5) is 17.6. The minimum atomic E-state index is -0.0901. The minimum absolute atomic E-state index is 0.0901. The van der Waals surface area contributed by atoms with Crippen LogP contribution in [0.25, 0.3) is 11.4 Å². The molecule has 0 saturated heterocycles. The van der Waals surface area contributed by atoms with Gasteiger partial charge in [-0.15, -0.1) is 11.8 Å². The summed E-state index contributed by atoms with van der Waals surface area (Å²) < 4.78 is 10.7. The molecule has 0 fully saturated rings. The van der Waals surface area contributed by atoms with Gasteiger partial charge in [-0.25, -0.2) is 0 Å². The summed E-state index contributed by atoms with van der Waals surface area (Å²) in [5.41, 5.74) is 1.62. The van der Waals surface area contributed by atoms with Crippen molar-refractivity contribution in [2.75, 3.05) is 18.2 Å². The number of carbonyl (C=O) groups is 1. The molecule has 6 nitrogen and oxygen atoms in total. The van der Waals surface area contributed by atoms with E-state index in [1.165, 1.54) is 0 Å². The number of benzene rings is 2. The molecule has 7 heteroatoms. The van der Waals surface area contributed by atoms with Gasteiger partial charge < -0.3 is 14.6 Å². The Morgan fingerprint density at radius 2 is 1.89 bits per heavy atom. The maximum Gasteiger partial charge on any atom is 0.227 e. The van der Waals surface area contributed by atoms with Crippen molar-refractivity contribution in [2.45, 2.75) is 24.7 Å². The number of nitrogens with one attached hydrogen (secondary N) is 1. The molecule has 3 aromatic rings. The van der Waals surface area contributed by atoms with Crippen LogP contribution in [0, 0.1) is 0 Å². The first kappa shape index (κ1) is 19.0. The Hall–Kier alpha value is -2.80. The maximum atomic E-state index is 12.1. The van der Waals surface area contributed by atoms with E-state index in [9.17, 15) is 4.79 Å². The lowest BCUT2D eigenvalue weighted by molar-refractivity contribution is -0.116. The van der Waals surface area contributed by atoms with E-state index >= 15 is 0 Å². The van der Waals surface area contributed by atoms with Crippen LogP contribution in [0.3, 0.4) is 0 Å². The van der Waals surface area contributed by atoms with E-state index < -0.39 is 0 Å². The number of nitrogens with zero attached hydrogens (tertiary/aromatic N) is 2. The van der Waals surface area contributed by atoms with E-state index in [0.717, 1.165) is 21.9 Å². The van der Waals surface area contributed by atoms with Crippen molar-refractivity contribution in [1.82, 2.24) is 10.1 Å². The van der Waals surface area contributed by atoms with Gasteiger partial charge in [-0.3, -0.25) is 4.79 Å². The summed E-state index contributed by atoms with van der Waals surface area (Å²) >= 11 is 1.66. The quantitative estimate of drug-likeness (QED) is 0.580. The highest BCUT2D eigenvalue weighted by molar-refractivity contribution is 7.98. The van der Waals surface area contributed by atoms with Crippen molar-refractivity contribution in [3.8, 4) is 17.1 Å². The predicted molar refractivity (Wildman–Crippen MR) is 106 cm³/mol. The summed E-state index contributed by atoms with van der Waals surface area (Å²) in [6.45, 7) is 2.56. The van der Waals surface area contributed by atoms with Gasteiger partial charge >= 0.3 is 0 Å². The van der Waals surface area contributed by atoms with Crippen molar-refractivity contribution in [3.63, 3.8) is 0 Å². The Balaban J connectivity index is 1.53. The Bertz CT molecular complexity index is 876. The molecule has 0 aliphatic rings.